The Labute approximate surface area is 113 Å². The van der Waals surface area contributed by atoms with Crippen LogP contribution in [0.3, 0.4) is 0 Å². The van der Waals surface area contributed by atoms with Crippen LogP contribution in [0.1, 0.15) is 5.69 Å². The Balaban J connectivity index is 2.20. The summed E-state index contributed by atoms with van der Waals surface area (Å²) < 4.78 is 3.12. The quantitative estimate of drug-likeness (QED) is 0.678. The van der Waals surface area contributed by atoms with Crippen LogP contribution in [0, 0.1) is 10.5 Å². The summed E-state index contributed by atoms with van der Waals surface area (Å²) in [7, 11) is 1.93. The molecule has 0 radical (unpaired) electrons. The SMILES string of the molecule is Cc1[nH]c2cc(-c3cnn(C)c3)ccc2c1I. The molecule has 3 nitrogen and oxygen atoms in total. The third-order valence-electron chi connectivity index (χ3n) is 2.95. The van der Waals surface area contributed by atoms with Crippen LogP contribution >= 0.6 is 22.6 Å². The third-order valence-corrected chi connectivity index (χ3v) is 4.34. The van der Waals surface area contributed by atoms with Gasteiger partial charge in [0.05, 0.1) is 6.20 Å². The van der Waals surface area contributed by atoms with Gasteiger partial charge < -0.3 is 4.98 Å². The Bertz CT molecular complexity index is 694. The minimum atomic E-state index is 1.15. The van der Waals surface area contributed by atoms with E-state index < -0.39 is 0 Å². The van der Waals surface area contributed by atoms with Crippen molar-refractivity contribution in [3.05, 3.63) is 39.9 Å². The number of rotatable bonds is 1. The molecule has 0 bridgehead atoms. The number of H-pyrrole nitrogens is 1. The normalized spacial score (nSPS) is 11.2. The third kappa shape index (κ3) is 1.76. The molecule has 0 saturated carbocycles. The Morgan fingerprint density at radius 1 is 1.29 bits per heavy atom. The van der Waals surface area contributed by atoms with Crippen LogP contribution in [-0.2, 0) is 7.05 Å². The molecule has 0 unspecified atom stereocenters. The number of aryl methyl sites for hydroxylation is 2. The summed E-state index contributed by atoms with van der Waals surface area (Å²) >= 11 is 2.38. The first-order valence-corrected chi connectivity index (χ1v) is 6.50. The Hall–Kier alpha value is -1.30. The van der Waals surface area contributed by atoms with Crippen molar-refractivity contribution in [1.82, 2.24) is 14.8 Å². The number of hydrogen-bond acceptors (Lipinski definition) is 1. The smallest absolute Gasteiger partial charge is 0.0568 e. The molecule has 0 fully saturated rings. The van der Waals surface area contributed by atoms with Crippen molar-refractivity contribution in [2.45, 2.75) is 6.92 Å². The van der Waals surface area contributed by atoms with E-state index in [4.69, 9.17) is 0 Å². The van der Waals surface area contributed by atoms with Gasteiger partial charge in [-0.25, -0.2) is 0 Å². The topological polar surface area (TPSA) is 33.6 Å². The van der Waals surface area contributed by atoms with Gasteiger partial charge >= 0.3 is 0 Å². The Morgan fingerprint density at radius 3 is 2.82 bits per heavy atom. The van der Waals surface area contributed by atoms with Crippen LogP contribution in [0.5, 0.6) is 0 Å². The standard InChI is InChI=1S/C13H12IN3/c1-8-13(14)11-4-3-9(5-12(11)16-8)10-6-15-17(2)7-10/h3-7,16H,1-2H3. The summed E-state index contributed by atoms with van der Waals surface area (Å²) in [6.45, 7) is 2.10. The largest absolute Gasteiger partial charge is 0.358 e. The fraction of sp³-hybridized carbons (Fsp3) is 0.154. The number of halogens is 1. The maximum absolute atomic E-state index is 4.20. The molecule has 2 heterocycles. The van der Waals surface area contributed by atoms with Crippen molar-refractivity contribution in [2.75, 3.05) is 0 Å². The molecular formula is C13H12IN3. The molecule has 0 aliphatic heterocycles. The number of nitrogens with one attached hydrogen (secondary N) is 1. The van der Waals surface area contributed by atoms with Gasteiger partial charge in [-0.15, -0.1) is 0 Å². The Kier molecular flexibility index (Phi) is 2.47. The summed E-state index contributed by atoms with van der Waals surface area (Å²) in [5.41, 5.74) is 4.76. The van der Waals surface area contributed by atoms with Crippen molar-refractivity contribution in [2.24, 2.45) is 7.05 Å². The van der Waals surface area contributed by atoms with Crippen molar-refractivity contribution in [1.29, 1.82) is 0 Å². The maximum Gasteiger partial charge on any atom is 0.0568 e. The van der Waals surface area contributed by atoms with Gasteiger partial charge in [0.15, 0.2) is 0 Å². The average Bonchev–Trinajstić information content (AvgIpc) is 2.85. The lowest BCUT2D eigenvalue weighted by atomic mass is 10.1. The summed E-state index contributed by atoms with van der Waals surface area (Å²) in [5, 5.41) is 5.49. The summed E-state index contributed by atoms with van der Waals surface area (Å²) in [5.74, 6) is 0. The first-order valence-electron chi connectivity index (χ1n) is 5.42. The Morgan fingerprint density at radius 2 is 2.12 bits per heavy atom. The molecule has 0 aliphatic rings. The van der Waals surface area contributed by atoms with Crippen LogP contribution < -0.4 is 0 Å². The van der Waals surface area contributed by atoms with Crippen molar-refractivity contribution < 1.29 is 0 Å². The molecule has 2 aromatic heterocycles. The van der Waals surface area contributed by atoms with Crippen LogP contribution in [0.4, 0.5) is 0 Å². The van der Waals surface area contributed by atoms with Crippen molar-refractivity contribution >= 4 is 33.5 Å². The van der Waals surface area contributed by atoms with E-state index in [1.54, 1.807) is 0 Å². The van der Waals surface area contributed by atoms with Crippen molar-refractivity contribution in [3.8, 4) is 11.1 Å². The summed E-state index contributed by atoms with van der Waals surface area (Å²) in [6, 6.07) is 6.50. The summed E-state index contributed by atoms with van der Waals surface area (Å²) in [6.07, 6.45) is 3.92. The van der Waals surface area contributed by atoms with Gasteiger partial charge in [-0.2, -0.15) is 5.10 Å². The highest BCUT2D eigenvalue weighted by atomic mass is 127. The maximum atomic E-state index is 4.20. The summed E-state index contributed by atoms with van der Waals surface area (Å²) in [4.78, 5) is 3.41. The molecular weight excluding hydrogens is 325 g/mol. The molecule has 3 rings (SSSR count). The van der Waals surface area contributed by atoms with Crippen LogP contribution in [-0.4, -0.2) is 14.8 Å². The van der Waals surface area contributed by atoms with E-state index in [9.17, 15) is 0 Å². The van der Waals surface area contributed by atoms with E-state index in [1.165, 1.54) is 25.7 Å². The van der Waals surface area contributed by atoms with Gasteiger partial charge in [0, 0.05) is 39.0 Å². The monoisotopic (exact) mass is 337 g/mol. The average molecular weight is 337 g/mol. The first-order chi connectivity index (χ1) is 8.15. The van der Waals surface area contributed by atoms with E-state index in [-0.39, 0.29) is 0 Å². The molecule has 4 heteroatoms. The fourth-order valence-corrected chi connectivity index (χ4v) is 2.65. The lowest BCUT2D eigenvalue weighted by molar-refractivity contribution is 0.768. The number of aromatic nitrogens is 3. The van der Waals surface area contributed by atoms with Gasteiger partial charge in [0.2, 0.25) is 0 Å². The molecule has 1 aromatic carbocycles. The molecule has 1 N–H and O–H groups in total. The van der Waals surface area contributed by atoms with Crippen LogP contribution in [0.25, 0.3) is 22.0 Å². The zero-order valence-corrected chi connectivity index (χ0v) is 11.8. The second-order valence-corrected chi connectivity index (χ2v) is 5.31. The van der Waals surface area contributed by atoms with Gasteiger partial charge in [0.1, 0.15) is 0 Å². The first kappa shape index (κ1) is 10.8. The number of aromatic amines is 1. The van der Waals surface area contributed by atoms with E-state index in [0.29, 0.717) is 0 Å². The molecule has 3 aromatic rings. The number of benzene rings is 1. The van der Waals surface area contributed by atoms with Gasteiger partial charge in [-0.1, -0.05) is 12.1 Å². The molecule has 0 amide bonds. The second-order valence-electron chi connectivity index (χ2n) is 4.23. The number of fused-ring (bicyclic) bond motifs is 1. The predicted molar refractivity (Wildman–Crippen MR) is 78.0 cm³/mol. The highest BCUT2D eigenvalue weighted by Gasteiger charge is 2.07. The van der Waals surface area contributed by atoms with Gasteiger partial charge in [-0.05, 0) is 41.1 Å². The van der Waals surface area contributed by atoms with E-state index in [0.717, 1.165) is 5.56 Å². The number of hydrogen-bond donors (Lipinski definition) is 1. The van der Waals surface area contributed by atoms with E-state index in [2.05, 4.69) is 57.8 Å². The molecule has 0 saturated heterocycles. The zero-order valence-electron chi connectivity index (χ0n) is 9.66. The lowest BCUT2D eigenvalue weighted by Gasteiger charge is -1.97. The molecule has 0 atom stereocenters. The van der Waals surface area contributed by atoms with Crippen LogP contribution in [0.2, 0.25) is 0 Å². The van der Waals surface area contributed by atoms with Crippen LogP contribution in [0.15, 0.2) is 30.6 Å². The molecule has 86 valence electrons. The predicted octanol–water partition coefficient (Wildman–Crippen LogP) is 3.48. The highest BCUT2D eigenvalue weighted by molar-refractivity contribution is 14.1. The van der Waals surface area contributed by atoms with E-state index >= 15 is 0 Å². The molecule has 17 heavy (non-hydrogen) atoms. The van der Waals surface area contributed by atoms with Crippen molar-refractivity contribution in [3.63, 3.8) is 0 Å². The van der Waals surface area contributed by atoms with E-state index in [1.807, 2.05) is 24.1 Å². The van der Waals surface area contributed by atoms with Gasteiger partial charge in [0.25, 0.3) is 0 Å². The number of nitrogens with zero attached hydrogens (tertiary/aromatic N) is 2. The van der Waals surface area contributed by atoms with Gasteiger partial charge in [-0.3, -0.25) is 4.68 Å². The molecule has 0 spiro atoms. The molecule has 0 aliphatic carbocycles. The minimum Gasteiger partial charge on any atom is -0.358 e. The fourth-order valence-electron chi connectivity index (χ4n) is 2.05. The minimum absolute atomic E-state index is 1.15. The lowest BCUT2D eigenvalue weighted by Crippen LogP contribution is -1.84. The zero-order chi connectivity index (χ0) is 12.0. The highest BCUT2D eigenvalue weighted by Crippen LogP contribution is 2.28. The second kappa shape index (κ2) is 3.87.